The number of likely N-dealkylation sites (N-methyl/N-ethyl adjacent to an activating group) is 1. The van der Waals surface area contributed by atoms with Crippen LogP contribution in [0.25, 0.3) is 10.9 Å². The number of nitrogens with zero attached hydrogens (tertiary/aromatic N) is 2. The Labute approximate surface area is 95.9 Å². The Morgan fingerprint density at radius 1 is 1.25 bits per heavy atom. The topological polar surface area (TPSA) is 28.4 Å². The number of fused-ring (bicyclic) bond motifs is 1. The lowest BCUT2D eigenvalue weighted by molar-refractivity contribution is 0.215. The second-order valence-electron chi connectivity index (χ2n) is 4.34. The van der Waals surface area contributed by atoms with Crippen molar-refractivity contribution in [1.82, 2.24) is 9.47 Å². The third-order valence-corrected chi connectivity index (χ3v) is 2.85. The molecule has 0 amide bonds. The van der Waals surface area contributed by atoms with Crippen molar-refractivity contribution in [3.8, 4) is 0 Å². The maximum atomic E-state index is 9.28. The lowest BCUT2D eigenvalue weighted by Crippen LogP contribution is -2.14. The van der Waals surface area contributed by atoms with Crippen molar-refractivity contribution in [2.24, 2.45) is 0 Å². The first-order chi connectivity index (χ1) is 7.72. The van der Waals surface area contributed by atoms with Crippen LogP contribution in [-0.4, -0.2) is 35.2 Å². The number of para-hydroxylation sites is 1. The van der Waals surface area contributed by atoms with E-state index in [1.807, 2.05) is 29.0 Å². The Morgan fingerprint density at radius 3 is 2.69 bits per heavy atom. The molecular weight excluding hydrogens is 200 g/mol. The predicted octanol–water partition coefficient (Wildman–Crippen LogP) is 1.70. The third kappa shape index (κ3) is 2.10. The molecule has 1 N–H and O–H groups in total. The fourth-order valence-corrected chi connectivity index (χ4v) is 1.98. The van der Waals surface area contributed by atoms with Gasteiger partial charge in [-0.2, -0.15) is 0 Å². The molecule has 0 radical (unpaired) electrons. The van der Waals surface area contributed by atoms with E-state index >= 15 is 0 Å². The van der Waals surface area contributed by atoms with E-state index in [4.69, 9.17) is 0 Å². The molecule has 0 unspecified atom stereocenters. The summed E-state index contributed by atoms with van der Waals surface area (Å²) in [5.74, 6) is 0. The van der Waals surface area contributed by atoms with Gasteiger partial charge in [-0.05, 0) is 32.1 Å². The van der Waals surface area contributed by atoms with Crippen molar-refractivity contribution in [3.63, 3.8) is 0 Å². The summed E-state index contributed by atoms with van der Waals surface area (Å²) < 4.78 is 1.89. The molecule has 0 spiro atoms. The van der Waals surface area contributed by atoms with Crippen molar-refractivity contribution in [2.75, 3.05) is 20.6 Å². The van der Waals surface area contributed by atoms with Crippen molar-refractivity contribution in [3.05, 3.63) is 36.0 Å². The smallest absolute Gasteiger partial charge is 0.119 e. The molecule has 3 heteroatoms. The van der Waals surface area contributed by atoms with Crippen LogP contribution in [0.3, 0.4) is 0 Å². The molecule has 86 valence electrons. The molecule has 2 rings (SSSR count). The van der Waals surface area contributed by atoms with Crippen molar-refractivity contribution >= 4 is 10.9 Å². The van der Waals surface area contributed by atoms with Crippen LogP contribution in [0, 0.1) is 0 Å². The molecule has 1 aromatic heterocycles. The first-order valence-corrected chi connectivity index (χ1v) is 5.54. The number of benzene rings is 1. The molecule has 0 saturated carbocycles. The van der Waals surface area contributed by atoms with Crippen molar-refractivity contribution in [2.45, 2.75) is 13.2 Å². The number of hydrogen-bond donors (Lipinski definition) is 1. The molecule has 16 heavy (non-hydrogen) atoms. The Morgan fingerprint density at radius 2 is 2.00 bits per heavy atom. The highest BCUT2D eigenvalue weighted by Crippen LogP contribution is 2.21. The number of aliphatic hydroxyl groups excluding tert-OH is 1. The largest absolute Gasteiger partial charge is 0.376 e. The Balaban J connectivity index is 2.37. The van der Waals surface area contributed by atoms with Crippen molar-refractivity contribution < 1.29 is 5.11 Å². The first-order valence-electron chi connectivity index (χ1n) is 5.54. The van der Waals surface area contributed by atoms with Gasteiger partial charge in [-0.3, -0.25) is 0 Å². The normalized spacial score (nSPS) is 11.5. The highest BCUT2D eigenvalue weighted by atomic mass is 16.3. The monoisotopic (exact) mass is 218 g/mol. The summed E-state index contributed by atoms with van der Waals surface area (Å²) in [6.45, 7) is 1.07. The van der Waals surface area contributed by atoms with E-state index in [2.05, 4.69) is 25.1 Å². The van der Waals surface area contributed by atoms with Crippen LogP contribution in [0.15, 0.2) is 30.5 Å². The molecule has 0 aliphatic heterocycles. The lowest BCUT2D eigenvalue weighted by Gasteiger charge is -2.07. The minimum Gasteiger partial charge on any atom is -0.376 e. The Bertz CT molecular complexity index is 474. The summed E-state index contributed by atoms with van der Waals surface area (Å²) in [7, 11) is 4.15. The van der Waals surface area contributed by atoms with Gasteiger partial charge in [-0.25, -0.2) is 0 Å². The highest BCUT2D eigenvalue weighted by Gasteiger charge is 2.07. The minimum absolute atomic E-state index is 0.0441. The van der Waals surface area contributed by atoms with Crippen LogP contribution in [0.4, 0.5) is 0 Å². The van der Waals surface area contributed by atoms with E-state index < -0.39 is 0 Å². The number of aliphatic hydroxyl groups is 1. The zero-order chi connectivity index (χ0) is 11.5. The van der Waals surface area contributed by atoms with Gasteiger partial charge in [-0.1, -0.05) is 18.2 Å². The van der Waals surface area contributed by atoms with E-state index in [0.29, 0.717) is 0 Å². The summed E-state index contributed by atoms with van der Waals surface area (Å²) in [5.41, 5.74) is 2.41. The standard InChI is InChI=1S/C13H18N2O/c1-14(2)8-7-11-9-15(10-16)13-6-4-3-5-12(11)13/h3-6,9,16H,7-8,10H2,1-2H3. The molecular formula is C13H18N2O. The van der Waals surface area contributed by atoms with Gasteiger partial charge >= 0.3 is 0 Å². The molecule has 1 aromatic carbocycles. The summed E-state index contributed by atoms with van der Waals surface area (Å²) >= 11 is 0. The second kappa shape index (κ2) is 4.68. The summed E-state index contributed by atoms with van der Waals surface area (Å²) in [6.07, 6.45) is 3.06. The Hall–Kier alpha value is -1.32. The average molecular weight is 218 g/mol. The van der Waals surface area contributed by atoms with Gasteiger partial charge in [-0.15, -0.1) is 0 Å². The third-order valence-electron chi connectivity index (χ3n) is 2.85. The maximum Gasteiger partial charge on any atom is 0.119 e. The van der Waals surface area contributed by atoms with Gasteiger partial charge in [0.1, 0.15) is 6.73 Å². The quantitative estimate of drug-likeness (QED) is 0.846. The lowest BCUT2D eigenvalue weighted by atomic mass is 10.1. The van der Waals surface area contributed by atoms with E-state index in [9.17, 15) is 5.11 Å². The van der Waals surface area contributed by atoms with Gasteiger partial charge in [0.05, 0.1) is 5.52 Å². The molecule has 0 bridgehead atoms. The fraction of sp³-hybridized carbons (Fsp3) is 0.385. The molecule has 0 saturated heterocycles. The predicted molar refractivity (Wildman–Crippen MR) is 66.4 cm³/mol. The zero-order valence-electron chi connectivity index (χ0n) is 9.85. The van der Waals surface area contributed by atoms with E-state index in [1.54, 1.807) is 0 Å². The zero-order valence-corrected chi connectivity index (χ0v) is 9.85. The van der Waals surface area contributed by atoms with E-state index in [1.165, 1.54) is 10.9 Å². The molecule has 1 heterocycles. The summed E-state index contributed by atoms with van der Waals surface area (Å²) in [5, 5.41) is 10.5. The van der Waals surface area contributed by atoms with Crippen LogP contribution in [0.1, 0.15) is 5.56 Å². The summed E-state index contributed by atoms with van der Waals surface area (Å²) in [4.78, 5) is 2.17. The van der Waals surface area contributed by atoms with Crippen LogP contribution >= 0.6 is 0 Å². The van der Waals surface area contributed by atoms with Crippen LogP contribution in [0.2, 0.25) is 0 Å². The van der Waals surface area contributed by atoms with E-state index in [-0.39, 0.29) is 6.73 Å². The van der Waals surface area contributed by atoms with Crippen LogP contribution in [-0.2, 0) is 13.2 Å². The molecule has 3 nitrogen and oxygen atoms in total. The molecule has 0 aliphatic carbocycles. The molecule has 0 aliphatic rings. The number of rotatable bonds is 4. The van der Waals surface area contributed by atoms with E-state index in [0.717, 1.165) is 18.5 Å². The van der Waals surface area contributed by atoms with Crippen LogP contribution in [0.5, 0.6) is 0 Å². The molecule has 0 atom stereocenters. The van der Waals surface area contributed by atoms with Gasteiger partial charge in [0.2, 0.25) is 0 Å². The highest BCUT2D eigenvalue weighted by molar-refractivity contribution is 5.83. The Kier molecular flexibility index (Phi) is 3.27. The average Bonchev–Trinajstić information content (AvgIpc) is 2.65. The number of aromatic nitrogens is 1. The maximum absolute atomic E-state index is 9.28. The van der Waals surface area contributed by atoms with Gasteiger partial charge < -0.3 is 14.6 Å². The second-order valence-corrected chi connectivity index (χ2v) is 4.34. The minimum atomic E-state index is 0.0441. The van der Waals surface area contributed by atoms with Crippen LogP contribution < -0.4 is 0 Å². The molecule has 0 fully saturated rings. The van der Waals surface area contributed by atoms with Crippen molar-refractivity contribution in [1.29, 1.82) is 0 Å². The number of hydrogen-bond acceptors (Lipinski definition) is 2. The SMILES string of the molecule is CN(C)CCc1cn(CO)c2ccccc12. The van der Waals surface area contributed by atoms with Gasteiger partial charge in [0.25, 0.3) is 0 Å². The first kappa shape index (κ1) is 11.2. The molecule has 2 aromatic rings. The van der Waals surface area contributed by atoms with Gasteiger partial charge in [0.15, 0.2) is 0 Å². The van der Waals surface area contributed by atoms with Gasteiger partial charge in [0, 0.05) is 18.1 Å². The fourth-order valence-electron chi connectivity index (χ4n) is 1.98. The summed E-state index contributed by atoms with van der Waals surface area (Å²) in [6, 6.07) is 8.21.